The Morgan fingerprint density at radius 2 is 2.24 bits per heavy atom. The normalized spacial score (nSPS) is 19.7. The summed E-state index contributed by atoms with van der Waals surface area (Å²) in [5, 5.41) is 11.9. The minimum atomic E-state index is -0.514. The highest BCUT2D eigenvalue weighted by Gasteiger charge is 2.27. The van der Waals surface area contributed by atoms with E-state index in [1.54, 1.807) is 18.3 Å². The highest BCUT2D eigenvalue weighted by atomic mass is 32.1. The lowest BCUT2D eigenvalue weighted by Gasteiger charge is -2.14. The molecule has 2 atom stereocenters. The Morgan fingerprint density at radius 1 is 1.40 bits per heavy atom. The van der Waals surface area contributed by atoms with Crippen molar-refractivity contribution in [2.45, 2.75) is 38.6 Å². The first-order chi connectivity index (χ1) is 12.0. The van der Waals surface area contributed by atoms with E-state index in [9.17, 15) is 14.4 Å². The van der Waals surface area contributed by atoms with E-state index < -0.39 is 11.5 Å². The monoisotopic (exact) mass is 363 g/mol. The fraction of sp³-hybridized carbons (Fsp3) is 0.471. The molecular formula is C17H21N3O4S. The number of rotatable bonds is 6. The van der Waals surface area contributed by atoms with Crippen LogP contribution in [0.25, 0.3) is 0 Å². The number of aromatic nitrogens is 1. The fourth-order valence-corrected chi connectivity index (χ4v) is 3.89. The molecule has 7 nitrogen and oxygen atoms in total. The first kappa shape index (κ1) is 17.5. The van der Waals surface area contributed by atoms with Crippen LogP contribution in [0.4, 0.5) is 0 Å². The predicted molar refractivity (Wildman–Crippen MR) is 93.7 cm³/mol. The maximum absolute atomic E-state index is 12.1. The topological polar surface area (TPSA) is 104 Å². The summed E-state index contributed by atoms with van der Waals surface area (Å²) in [6.07, 6.45) is 3.08. The van der Waals surface area contributed by atoms with Crippen LogP contribution in [0.5, 0.6) is 0 Å². The largest absolute Gasteiger partial charge is 0.383 e. The number of hydrogen-bond acceptors (Lipinski definition) is 5. The number of carbonyl (C=O) groups is 2. The molecule has 3 N–H and O–H groups in total. The molecule has 2 aromatic heterocycles. The van der Waals surface area contributed by atoms with Crippen molar-refractivity contribution in [2.24, 2.45) is 5.92 Å². The van der Waals surface area contributed by atoms with E-state index in [-0.39, 0.29) is 23.3 Å². The van der Waals surface area contributed by atoms with Crippen LogP contribution in [0, 0.1) is 12.8 Å². The van der Waals surface area contributed by atoms with Crippen LogP contribution in [-0.2, 0) is 11.2 Å². The van der Waals surface area contributed by atoms with Gasteiger partial charge in [-0.2, -0.15) is 16.5 Å². The molecule has 8 heteroatoms. The molecule has 1 saturated carbocycles. The summed E-state index contributed by atoms with van der Waals surface area (Å²) in [7, 11) is 0. The Morgan fingerprint density at radius 3 is 2.92 bits per heavy atom. The molecule has 1 fully saturated rings. The van der Waals surface area contributed by atoms with Crippen molar-refractivity contribution in [3.8, 4) is 0 Å². The minimum absolute atomic E-state index is 0.0265. The molecule has 25 heavy (non-hydrogen) atoms. The van der Waals surface area contributed by atoms with E-state index >= 15 is 0 Å². The van der Waals surface area contributed by atoms with Crippen LogP contribution in [0.3, 0.4) is 0 Å². The van der Waals surface area contributed by atoms with Gasteiger partial charge in [0.05, 0.1) is 6.42 Å². The highest BCUT2D eigenvalue weighted by Crippen LogP contribution is 2.25. The third kappa shape index (κ3) is 4.39. The summed E-state index contributed by atoms with van der Waals surface area (Å²) in [5.41, 5.74) is 0.545. The summed E-state index contributed by atoms with van der Waals surface area (Å²) < 4.78 is 4.85. The van der Waals surface area contributed by atoms with Gasteiger partial charge in [-0.15, -0.1) is 0 Å². The van der Waals surface area contributed by atoms with Crippen molar-refractivity contribution < 1.29 is 14.1 Å². The highest BCUT2D eigenvalue weighted by molar-refractivity contribution is 7.08. The second-order valence-corrected chi connectivity index (χ2v) is 7.21. The molecule has 2 heterocycles. The first-order valence-electron chi connectivity index (χ1n) is 8.29. The van der Waals surface area contributed by atoms with Crippen molar-refractivity contribution in [3.05, 3.63) is 44.1 Å². The second kappa shape index (κ2) is 7.69. The maximum Gasteiger partial charge on any atom is 0.293 e. The quantitative estimate of drug-likeness (QED) is 0.725. The molecule has 0 aliphatic heterocycles. The van der Waals surface area contributed by atoms with Gasteiger partial charge in [0.2, 0.25) is 5.91 Å². The van der Waals surface area contributed by atoms with Crippen LogP contribution < -0.4 is 16.2 Å². The number of nitrogens with one attached hydrogen (secondary N) is 3. The Hall–Kier alpha value is -2.35. The average molecular weight is 363 g/mol. The number of carbonyl (C=O) groups excluding carboxylic acids is 2. The van der Waals surface area contributed by atoms with Gasteiger partial charge in [-0.1, -0.05) is 0 Å². The van der Waals surface area contributed by atoms with E-state index in [0.29, 0.717) is 18.9 Å². The molecule has 1 aliphatic rings. The number of aryl methyl sites for hydroxylation is 1. The van der Waals surface area contributed by atoms with Gasteiger partial charge in [0.15, 0.2) is 0 Å². The van der Waals surface area contributed by atoms with Gasteiger partial charge in [-0.25, -0.2) is 0 Å². The van der Waals surface area contributed by atoms with Gasteiger partial charge >= 0.3 is 0 Å². The summed E-state index contributed by atoms with van der Waals surface area (Å²) in [4.78, 5) is 35.7. The molecule has 0 aromatic carbocycles. The van der Waals surface area contributed by atoms with Gasteiger partial charge in [-0.3, -0.25) is 14.4 Å². The van der Waals surface area contributed by atoms with Gasteiger partial charge in [-0.05, 0) is 54.5 Å². The zero-order valence-electron chi connectivity index (χ0n) is 14.0. The minimum Gasteiger partial charge on any atom is -0.383 e. The molecule has 134 valence electrons. The van der Waals surface area contributed by atoms with Crippen molar-refractivity contribution in [1.82, 2.24) is 15.8 Å². The van der Waals surface area contributed by atoms with Gasteiger partial charge in [0, 0.05) is 12.6 Å². The lowest BCUT2D eigenvalue weighted by Crippen LogP contribution is -2.35. The third-order valence-electron chi connectivity index (χ3n) is 4.51. The van der Waals surface area contributed by atoms with E-state index in [2.05, 4.69) is 15.8 Å². The standard InChI is InChI=1S/C17H21N3O4S/c1-10-15(17(23)20-24-10)16(22)18-8-11-2-3-13(6-11)19-14(21)7-12-4-5-25-9-12/h4-5,9,11,13H,2-3,6-8H2,1H3,(H,18,22)(H,19,21)(H,20,23). The molecule has 0 radical (unpaired) electrons. The zero-order chi connectivity index (χ0) is 17.8. The van der Waals surface area contributed by atoms with Crippen LogP contribution in [-0.4, -0.2) is 29.6 Å². The van der Waals surface area contributed by atoms with E-state index in [1.807, 2.05) is 16.8 Å². The molecular weight excluding hydrogens is 342 g/mol. The van der Waals surface area contributed by atoms with Gasteiger partial charge < -0.3 is 15.2 Å². The number of amides is 2. The third-order valence-corrected chi connectivity index (χ3v) is 5.24. The zero-order valence-corrected chi connectivity index (χ0v) is 14.8. The van der Waals surface area contributed by atoms with E-state index in [0.717, 1.165) is 24.8 Å². The summed E-state index contributed by atoms with van der Waals surface area (Å²) >= 11 is 1.58. The molecule has 2 unspecified atom stereocenters. The summed E-state index contributed by atoms with van der Waals surface area (Å²) in [6.45, 7) is 2.06. The SMILES string of the molecule is Cc1o[nH]c(=O)c1C(=O)NCC1CCC(NC(=O)Cc2ccsc2)C1. The molecule has 2 amide bonds. The Kier molecular flexibility index (Phi) is 5.37. The Bertz CT molecular complexity index is 793. The van der Waals surface area contributed by atoms with Crippen molar-refractivity contribution in [3.63, 3.8) is 0 Å². The first-order valence-corrected chi connectivity index (χ1v) is 9.24. The van der Waals surface area contributed by atoms with Crippen molar-refractivity contribution >= 4 is 23.2 Å². The second-order valence-electron chi connectivity index (χ2n) is 6.43. The smallest absolute Gasteiger partial charge is 0.293 e. The van der Waals surface area contributed by atoms with E-state index in [1.165, 1.54) is 0 Å². The summed E-state index contributed by atoms with van der Waals surface area (Å²) in [5.74, 6) is 0.195. The van der Waals surface area contributed by atoms with Crippen molar-refractivity contribution in [2.75, 3.05) is 6.54 Å². The molecule has 0 bridgehead atoms. The lowest BCUT2D eigenvalue weighted by molar-refractivity contribution is -0.121. The van der Waals surface area contributed by atoms with Crippen LogP contribution in [0.1, 0.15) is 40.9 Å². The lowest BCUT2D eigenvalue weighted by atomic mass is 10.1. The predicted octanol–water partition coefficient (Wildman–Crippen LogP) is 1.60. The molecule has 3 rings (SSSR count). The van der Waals surface area contributed by atoms with Crippen LogP contribution >= 0.6 is 11.3 Å². The van der Waals surface area contributed by atoms with Crippen molar-refractivity contribution in [1.29, 1.82) is 0 Å². The molecule has 2 aromatic rings. The van der Waals surface area contributed by atoms with Crippen LogP contribution in [0.15, 0.2) is 26.1 Å². The van der Waals surface area contributed by atoms with Gasteiger partial charge in [0.1, 0.15) is 11.3 Å². The Labute approximate surface area is 148 Å². The Balaban J connectivity index is 1.43. The van der Waals surface area contributed by atoms with E-state index in [4.69, 9.17) is 4.52 Å². The molecule has 0 spiro atoms. The number of aromatic amines is 1. The average Bonchev–Trinajstić information content (AvgIpc) is 3.28. The fourth-order valence-electron chi connectivity index (χ4n) is 3.22. The number of thiophene rings is 1. The number of H-pyrrole nitrogens is 1. The number of hydrogen-bond donors (Lipinski definition) is 3. The maximum atomic E-state index is 12.1. The summed E-state index contributed by atoms with van der Waals surface area (Å²) in [6, 6.07) is 2.10. The van der Waals surface area contributed by atoms with Gasteiger partial charge in [0.25, 0.3) is 11.5 Å². The molecule has 0 saturated heterocycles. The van der Waals surface area contributed by atoms with Crippen LogP contribution in [0.2, 0.25) is 0 Å². The molecule has 1 aliphatic carbocycles.